The maximum atomic E-state index is 12.8. The minimum atomic E-state index is -3.82. The number of rotatable bonds is 4. The molecule has 1 aromatic carbocycles. The van der Waals surface area contributed by atoms with Crippen LogP contribution in [0.25, 0.3) is 10.9 Å². The lowest BCUT2D eigenvalue weighted by Crippen LogP contribution is -2.48. The van der Waals surface area contributed by atoms with Crippen LogP contribution in [0.4, 0.5) is 5.69 Å². The van der Waals surface area contributed by atoms with E-state index in [2.05, 4.69) is 15.0 Å². The molecular weight excluding hydrogens is 332 g/mol. The highest BCUT2D eigenvalue weighted by Gasteiger charge is 2.29. The van der Waals surface area contributed by atoms with E-state index in [1.54, 1.807) is 6.07 Å². The SMILES string of the molecule is CC1CNCCC1NS(=O)(=O)c1ccc([N+](=O)[O-])c2cccnc12. The Morgan fingerprint density at radius 1 is 1.38 bits per heavy atom. The summed E-state index contributed by atoms with van der Waals surface area (Å²) in [4.78, 5) is 14.6. The van der Waals surface area contributed by atoms with Crippen molar-refractivity contribution in [3.63, 3.8) is 0 Å². The number of hydrogen-bond donors (Lipinski definition) is 2. The van der Waals surface area contributed by atoms with Gasteiger partial charge in [0.1, 0.15) is 4.90 Å². The van der Waals surface area contributed by atoms with E-state index in [9.17, 15) is 18.5 Å². The van der Waals surface area contributed by atoms with E-state index >= 15 is 0 Å². The number of non-ortho nitro benzene ring substituents is 1. The first-order chi connectivity index (χ1) is 11.4. The fraction of sp³-hybridized carbons (Fsp3) is 0.400. The quantitative estimate of drug-likeness (QED) is 0.637. The van der Waals surface area contributed by atoms with Crippen LogP contribution in [0.2, 0.25) is 0 Å². The highest BCUT2D eigenvalue weighted by atomic mass is 32.2. The van der Waals surface area contributed by atoms with Crippen molar-refractivity contribution in [3.8, 4) is 0 Å². The number of fused-ring (bicyclic) bond motifs is 1. The molecular formula is C15H18N4O4S. The van der Waals surface area contributed by atoms with Gasteiger partial charge in [-0.2, -0.15) is 0 Å². The molecule has 3 rings (SSSR count). The van der Waals surface area contributed by atoms with Crippen molar-refractivity contribution < 1.29 is 13.3 Å². The van der Waals surface area contributed by atoms with Gasteiger partial charge in [-0.25, -0.2) is 13.1 Å². The number of nitro benzene ring substituents is 1. The van der Waals surface area contributed by atoms with E-state index in [1.807, 2.05) is 6.92 Å². The van der Waals surface area contributed by atoms with Crippen LogP contribution in [0.5, 0.6) is 0 Å². The average Bonchev–Trinajstić information content (AvgIpc) is 2.55. The van der Waals surface area contributed by atoms with Gasteiger partial charge >= 0.3 is 0 Å². The van der Waals surface area contributed by atoms with Crippen molar-refractivity contribution in [3.05, 3.63) is 40.6 Å². The molecule has 2 atom stereocenters. The van der Waals surface area contributed by atoms with Gasteiger partial charge in [-0.1, -0.05) is 6.92 Å². The van der Waals surface area contributed by atoms with Gasteiger partial charge in [0.05, 0.1) is 15.8 Å². The zero-order valence-corrected chi connectivity index (χ0v) is 13.9. The van der Waals surface area contributed by atoms with Crippen LogP contribution >= 0.6 is 0 Å². The van der Waals surface area contributed by atoms with Crippen molar-refractivity contribution in [2.24, 2.45) is 5.92 Å². The number of aromatic nitrogens is 1. The highest BCUT2D eigenvalue weighted by Crippen LogP contribution is 2.29. The maximum absolute atomic E-state index is 12.8. The van der Waals surface area contributed by atoms with Crippen molar-refractivity contribution >= 4 is 26.6 Å². The number of sulfonamides is 1. The summed E-state index contributed by atoms with van der Waals surface area (Å²) in [6.07, 6.45) is 2.12. The molecule has 8 nitrogen and oxygen atoms in total. The Balaban J connectivity index is 2.05. The normalized spacial score (nSPS) is 21.7. The fourth-order valence-electron chi connectivity index (χ4n) is 2.96. The molecule has 1 aromatic heterocycles. The minimum absolute atomic E-state index is 0.0329. The van der Waals surface area contributed by atoms with E-state index < -0.39 is 14.9 Å². The summed E-state index contributed by atoms with van der Waals surface area (Å²) in [6, 6.07) is 5.34. The molecule has 0 saturated carbocycles. The third kappa shape index (κ3) is 3.10. The second kappa shape index (κ2) is 6.42. The minimum Gasteiger partial charge on any atom is -0.316 e. The average molecular weight is 350 g/mol. The van der Waals surface area contributed by atoms with Crippen molar-refractivity contribution in [1.29, 1.82) is 0 Å². The summed E-state index contributed by atoms with van der Waals surface area (Å²) < 4.78 is 28.3. The molecule has 1 aliphatic heterocycles. The van der Waals surface area contributed by atoms with Gasteiger partial charge in [0.2, 0.25) is 10.0 Å². The van der Waals surface area contributed by atoms with Crippen LogP contribution in [0.15, 0.2) is 35.4 Å². The number of hydrogen-bond acceptors (Lipinski definition) is 6. The third-order valence-electron chi connectivity index (χ3n) is 4.29. The molecule has 0 radical (unpaired) electrons. The summed E-state index contributed by atoms with van der Waals surface area (Å²) in [5, 5.41) is 14.6. The number of nitrogens with one attached hydrogen (secondary N) is 2. The number of nitrogens with zero attached hydrogens (tertiary/aromatic N) is 2. The molecule has 1 saturated heterocycles. The summed E-state index contributed by atoms with van der Waals surface area (Å²) in [5.41, 5.74) is -0.0481. The number of piperidine rings is 1. The molecule has 0 amide bonds. The lowest BCUT2D eigenvalue weighted by Gasteiger charge is -2.30. The number of pyridine rings is 1. The molecule has 1 aliphatic rings. The molecule has 1 fully saturated rings. The number of nitro groups is 1. The fourth-order valence-corrected chi connectivity index (χ4v) is 4.50. The van der Waals surface area contributed by atoms with E-state index in [4.69, 9.17) is 0 Å². The molecule has 2 aromatic rings. The summed E-state index contributed by atoms with van der Waals surface area (Å²) in [5.74, 6) is 0.158. The molecule has 9 heteroatoms. The van der Waals surface area contributed by atoms with Crippen LogP contribution < -0.4 is 10.0 Å². The zero-order valence-electron chi connectivity index (χ0n) is 13.1. The lowest BCUT2D eigenvalue weighted by molar-refractivity contribution is -0.383. The standard InChI is InChI=1S/C15H18N4O4S/c1-10-9-16-8-6-12(10)18-24(22,23)14-5-4-13(19(20)21)11-3-2-7-17-15(11)14/h2-5,7,10,12,16,18H,6,8-9H2,1H3. The van der Waals surface area contributed by atoms with Crippen molar-refractivity contribution in [2.75, 3.05) is 13.1 Å². The molecule has 128 valence electrons. The first kappa shape index (κ1) is 16.7. The Bertz CT molecular complexity index is 884. The van der Waals surface area contributed by atoms with Gasteiger partial charge in [-0.3, -0.25) is 15.1 Å². The second-order valence-corrected chi connectivity index (χ2v) is 7.62. The van der Waals surface area contributed by atoms with Gasteiger partial charge in [-0.05, 0) is 43.6 Å². The maximum Gasteiger partial charge on any atom is 0.278 e. The van der Waals surface area contributed by atoms with Gasteiger partial charge in [0.25, 0.3) is 5.69 Å². The first-order valence-corrected chi connectivity index (χ1v) is 9.13. The van der Waals surface area contributed by atoms with E-state index in [-0.39, 0.29) is 33.4 Å². The number of benzene rings is 1. The Morgan fingerprint density at radius 3 is 2.88 bits per heavy atom. The summed E-state index contributed by atoms with van der Waals surface area (Å²) >= 11 is 0. The summed E-state index contributed by atoms with van der Waals surface area (Å²) in [7, 11) is -3.82. The topological polar surface area (TPSA) is 114 Å². The Labute approximate surface area is 139 Å². The van der Waals surface area contributed by atoms with Crippen LogP contribution in [-0.2, 0) is 10.0 Å². The molecule has 2 N–H and O–H groups in total. The highest BCUT2D eigenvalue weighted by molar-refractivity contribution is 7.89. The molecule has 0 aliphatic carbocycles. The molecule has 2 unspecified atom stereocenters. The van der Waals surface area contributed by atoms with Crippen LogP contribution in [0.3, 0.4) is 0 Å². The van der Waals surface area contributed by atoms with Crippen molar-refractivity contribution in [1.82, 2.24) is 15.0 Å². The van der Waals surface area contributed by atoms with E-state index in [0.29, 0.717) is 6.42 Å². The lowest BCUT2D eigenvalue weighted by atomic mass is 9.97. The van der Waals surface area contributed by atoms with Gasteiger partial charge < -0.3 is 5.32 Å². The Kier molecular flexibility index (Phi) is 4.48. The van der Waals surface area contributed by atoms with Gasteiger partial charge in [-0.15, -0.1) is 0 Å². The van der Waals surface area contributed by atoms with Crippen LogP contribution in [0.1, 0.15) is 13.3 Å². The molecule has 2 heterocycles. The summed E-state index contributed by atoms with van der Waals surface area (Å²) in [6.45, 7) is 3.47. The Morgan fingerprint density at radius 2 is 2.17 bits per heavy atom. The van der Waals surface area contributed by atoms with E-state index in [0.717, 1.165) is 13.1 Å². The largest absolute Gasteiger partial charge is 0.316 e. The monoisotopic (exact) mass is 350 g/mol. The molecule has 0 bridgehead atoms. The third-order valence-corrected chi connectivity index (χ3v) is 5.81. The molecule has 0 spiro atoms. The first-order valence-electron chi connectivity index (χ1n) is 7.65. The van der Waals surface area contributed by atoms with Gasteiger partial charge in [0, 0.05) is 18.3 Å². The van der Waals surface area contributed by atoms with Crippen molar-refractivity contribution in [2.45, 2.75) is 24.3 Å². The zero-order chi connectivity index (χ0) is 17.3. The smallest absolute Gasteiger partial charge is 0.278 e. The van der Waals surface area contributed by atoms with Crippen LogP contribution in [-0.4, -0.2) is 37.5 Å². The Hall–Kier alpha value is -2.10. The van der Waals surface area contributed by atoms with Crippen LogP contribution in [0, 0.1) is 16.0 Å². The van der Waals surface area contributed by atoms with Gasteiger partial charge in [0.15, 0.2) is 0 Å². The molecule has 24 heavy (non-hydrogen) atoms. The van der Waals surface area contributed by atoms with E-state index in [1.165, 1.54) is 24.4 Å². The second-order valence-electron chi connectivity index (χ2n) is 5.94. The predicted octanol–water partition coefficient (Wildman–Crippen LogP) is 1.42. The predicted molar refractivity (Wildman–Crippen MR) is 89.2 cm³/mol.